The highest BCUT2D eigenvalue weighted by Gasteiger charge is 2.16. The van der Waals surface area contributed by atoms with Crippen LogP contribution in [-0.4, -0.2) is 18.1 Å². The van der Waals surface area contributed by atoms with Crippen LogP contribution in [0.1, 0.15) is 19.3 Å². The molecular weight excluding hydrogens is 237 g/mol. The number of hydrogen-bond donors (Lipinski definition) is 1. The Balaban J connectivity index is 2.03. The second kappa shape index (κ2) is 4.14. The van der Waals surface area contributed by atoms with Crippen LogP contribution in [-0.2, 0) is 0 Å². The van der Waals surface area contributed by atoms with Gasteiger partial charge in [0.2, 0.25) is 0 Å². The van der Waals surface area contributed by atoms with Gasteiger partial charge in [0.1, 0.15) is 11.3 Å². The predicted octanol–water partition coefficient (Wildman–Crippen LogP) is 3.01. The van der Waals surface area contributed by atoms with Gasteiger partial charge in [0.25, 0.3) is 0 Å². The molecule has 1 aliphatic heterocycles. The summed E-state index contributed by atoms with van der Waals surface area (Å²) in [6.45, 7) is 2.09. The fraction of sp³-hybridized carbons (Fsp3) is 0.417. The van der Waals surface area contributed by atoms with Crippen LogP contribution in [0.2, 0.25) is 0 Å². The lowest BCUT2D eigenvalue weighted by Gasteiger charge is -2.25. The van der Waals surface area contributed by atoms with Gasteiger partial charge in [-0.15, -0.1) is 0 Å². The van der Waals surface area contributed by atoms with Crippen molar-refractivity contribution in [3.63, 3.8) is 0 Å². The van der Waals surface area contributed by atoms with Crippen LogP contribution in [0.25, 0.3) is 10.2 Å². The van der Waals surface area contributed by atoms with Gasteiger partial charge in [-0.3, -0.25) is 0 Å². The van der Waals surface area contributed by atoms with E-state index in [0.717, 1.165) is 28.4 Å². The molecule has 0 amide bonds. The number of rotatable bonds is 1. The third-order valence-corrected chi connectivity index (χ3v) is 4.17. The Labute approximate surface area is 103 Å². The topological polar surface area (TPSA) is 42.1 Å². The summed E-state index contributed by atoms with van der Waals surface area (Å²) in [7, 11) is 0. The Morgan fingerprint density at radius 2 is 2.00 bits per heavy atom. The fourth-order valence-electron chi connectivity index (χ4n) is 2.23. The number of nitrogen functional groups attached to an aromatic ring is 1. The fourth-order valence-corrected chi connectivity index (χ4v) is 3.31. The Morgan fingerprint density at radius 3 is 2.76 bits per heavy atom. The molecule has 3 rings (SSSR count). The zero-order chi connectivity index (χ0) is 11.8. The first-order valence-electron chi connectivity index (χ1n) is 5.84. The van der Waals surface area contributed by atoms with Gasteiger partial charge in [-0.2, -0.15) is 0 Å². The molecule has 90 valence electrons. The highest BCUT2D eigenvalue weighted by Crippen LogP contribution is 2.33. The first-order chi connectivity index (χ1) is 8.24. The maximum atomic E-state index is 13.2. The highest BCUT2D eigenvalue weighted by molar-refractivity contribution is 7.22. The molecule has 0 atom stereocenters. The Bertz CT molecular complexity index is 546. The number of nitrogens with zero attached hydrogens (tertiary/aromatic N) is 2. The molecule has 2 aromatic rings. The number of halogens is 1. The predicted molar refractivity (Wildman–Crippen MR) is 70.1 cm³/mol. The van der Waals surface area contributed by atoms with E-state index in [1.165, 1.54) is 42.7 Å². The molecule has 5 heteroatoms. The van der Waals surface area contributed by atoms with Crippen LogP contribution in [0, 0.1) is 5.82 Å². The molecule has 0 radical (unpaired) electrons. The smallest absolute Gasteiger partial charge is 0.186 e. The number of anilines is 2. The van der Waals surface area contributed by atoms with Crippen molar-refractivity contribution in [3.8, 4) is 0 Å². The van der Waals surface area contributed by atoms with Crippen molar-refractivity contribution in [3.05, 3.63) is 17.9 Å². The van der Waals surface area contributed by atoms with Gasteiger partial charge in [-0.1, -0.05) is 11.3 Å². The first-order valence-corrected chi connectivity index (χ1v) is 6.66. The molecule has 2 heterocycles. The molecule has 1 aliphatic rings. The van der Waals surface area contributed by atoms with Gasteiger partial charge in [0.15, 0.2) is 5.13 Å². The van der Waals surface area contributed by atoms with E-state index in [0.29, 0.717) is 5.69 Å². The second-order valence-electron chi connectivity index (χ2n) is 4.39. The minimum absolute atomic E-state index is 0.288. The molecule has 0 bridgehead atoms. The highest BCUT2D eigenvalue weighted by atomic mass is 32.1. The maximum absolute atomic E-state index is 13.2. The molecule has 1 saturated heterocycles. The summed E-state index contributed by atoms with van der Waals surface area (Å²) in [6.07, 6.45) is 3.71. The number of nitrogens with two attached hydrogens (primary N) is 1. The summed E-state index contributed by atoms with van der Waals surface area (Å²) < 4.78 is 14.1. The Morgan fingerprint density at radius 1 is 1.24 bits per heavy atom. The van der Waals surface area contributed by atoms with Gasteiger partial charge < -0.3 is 10.6 Å². The van der Waals surface area contributed by atoms with Crippen LogP contribution < -0.4 is 10.6 Å². The molecule has 1 aromatic carbocycles. The van der Waals surface area contributed by atoms with Crippen LogP contribution in [0.5, 0.6) is 0 Å². The summed E-state index contributed by atoms with van der Waals surface area (Å²) in [5, 5.41) is 0.969. The van der Waals surface area contributed by atoms with Gasteiger partial charge >= 0.3 is 0 Å². The number of piperidine rings is 1. The van der Waals surface area contributed by atoms with Crippen LogP contribution in [0.4, 0.5) is 15.2 Å². The maximum Gasteiger partial charge on any atom is 0.186 e. The number of fused-ring (bicyclic) bond motifs is 1. The van der Waals surface area contributed by atoms with Crippen molar-refractivity contribution < 1.29 is 4.39 Å². The summed E-state index contributed by atoms with van der Waals surface area (Å²) in [4.78, 5) is 6.80. The summed E-state index contributed by atoms with van der Waals surface area (Å²) in [5.41, 5.74) is 6.95. The molecule has 1 aromatic heterocycles. The van der Waals surface area contributed by atoms with Crippen LogP contribution >= 0.6 is 11.3 Å². The van der Waals surface area contributed by atoms with Crippen molar-refractivity contribution in [2.45, 2.75) is 19.3 Å². The summed E-state index contributed by atoms with van der Waals surface area (Å²) in [6, 6.07) is 2.85. The third-order valence-electron chi connectivity index (χ3n) is 3.10. The minimum Gasteiger partial charge on any atom is -0.397 e. The van der Waals surface area contributed by atoms with E-state index in [1.807, 2.05) is 0 Å². The number of benzene rings is 1. The molecule has 0 unspecified atom stereocenters. The molecule has 0 saturated carbocycles. The van der Waals surface area contributed by atoms with Crippen LogP contribution in [0.3, 0.4) is 0 Å². The number of aromatic nitrogens is 1. The van der Waals surface area contributed by atoms with Gasteiger partial charge in [0.05, 0.1) is 10.4 Å². The molecule has 0 spiro atoms. The van der Waals surface area contributed by atoms with Gasteiger partial charge in [0, 0.05) is 13.1 Å². The van der Waals surface area contributed by atoms with Crippen molar-refractivity contribution in [1.29, 1.82) is 0 Å². The largest absolute Gasteiger partial charge is 0.397 e. The van der Waals surface area contributed by atoms with Crippen molar-refractivity contribution in [2.75, 3.05) is 23.7 Å². The van der Waals surface area contributed by atoms with Gasteiger partial charge in [-0.25, -0.2) is 9.37 Å². The van der Waals surface area contributed by atoms with Crippen molar-refractivity contribution >= 4 is 32.4 Å². The lowest BCUT2D eigenvalue weighted by molar-refractivity contribution is 0.577. The average molecular weight is 251 g/mol. The quantitative estimate of drug-likeness (QED) is 0.792. The van der Waals surface area contributed by atoms with E-state index >= 15 is 0 Å². The molecule has 1 fully saturated rings. The Kier molecular flexibility index (Phi) is 2.63. The number of hydrogen-bond acceptors (Lipinski definition) is 4. The van der Waals surface area contributed by atoms with E-state index in [2.05, 4.69) is 9.88 Å². The molecule has 2 N–H and O–H groups in total. The molecule has 17 heavy (non-hydrogen) atoms. The van der Waals surface area contributed by atoms with Gasteiger partial charge in [-0.05, 0) is 31.4 Å². The van der Waals surface area contributed by atoms with Crippen LogP contribution in [0.15, 0.2) is 12.1 Å². The number of thiazole rings is 1. The van der Waals surface area contributed by atoms with E-state index in [4.69, 9.17) is 5.73 Å². The molecular formula is C12H14FN3S. The van der Waals surface area contributed by atoms with Crippen molar-refractivity contribution in [1.82, 2.24) is 4.98 Å². The second-order valence-corrected chi connectivity index (χ2v) is 5.40. The monoisotopic (exact) mass is 251 g/mol. The summed E-state index contributed by atoms with van der Waals surface area (Å²) in [5.74, 6) is -0.288. The zero-order valence-electron chi connectivity index (χ0n) is 9.45. The van der Waals surface area contributed by atoms with E-state index in [-0.39, 0.29) is 5.82 Å². The van der Waals surface area contributed by atoms with Crippen molar-refractivity contribution in [2.24, 2.45) is 0 Å². The average Bonchev–Trinajstić information content (AvgIpc) is 2.74. The first kappa shape index (κ1) is 10.8. The standard InChI is InChI=1S/C12H14FN3S/c13-8-6-9(14)11-10(7-8)17-12(15-11)16-4-2-1-3-5-16/h6-7H,1-5,14H2. The SMILES string of the molecule is Nc1cc(F)cc2sc(N3CCCCC3)nc12. The van der Waals surface area contributed by atoms with E-state index in [9.17, 15) is 4.39 Å². The molecule has 3 nitrogen and oxygen atoms in total. The normalized spacial score (nSPS) is 16.6. The minimum atomic E-state index is -0.288. The lowest BCUT2D eigenvalue weighted by atomic mass is 10.1. The Hall–Kier alpha value is -1.36. The molecule has 0 aliphatic carbocycles. The lowest BCUT2D eigenvalue weighted by Crippen LogP contribution is -2.29. The zero-order valence-corrected chi connectivity index (χ0v) is 10.3. The van der Waals surface area contributed by atoms with E-state index < -0.39 is 0 Å². The summed E-state index contributed by atoms with van der Waals surface area (Å²) >= 11 is 1.53. The van der Waals surface area contributed by atoms with E-state index in [1.54, 1.807) is 0 Å². The third kappa shape index (κ3) is 1.95.